The highest BCUT2D eigenvalue weighted by Gasteiger charge is 2.32. The fourth-order valence-corrected chi connectivity index (χ4v) is 3.83. The van der Waals surface area contributed by atoms with Crippen LogP contribution in [0.2, 0.25) is 0 Å². The van der Waals surface area contributed by atoms with Crippen molar-refractivity contribution in [2.24, 2.45) is 0 Å². The maximum absolute atomic E-state index is 12.2. The van der Waals surface area contributed by atoms with Crippen molar-refractivity contribution in [1.29, 1.82) is 0 Å². The fraction of sp³-hybridized carbons (Fsp3) is 0.556. The second-order valence-electron chi connectivity index (χ2n) is 8.03. The Bertz CT molecular complexity index is 858. The van der Waals surface area contributed by atoms with Crippen LogP contribution in [0.1, 0.15) is 66.4 Å². The summed E-state index contributed by atoms with van der Waals surface area (Å²) < 4.78 is 0. The lowest BCUT2D eigenvalue weighted by Gasteiger charge is -2.18. The highest BCUT2D eigenvalue weighted by atomic mass is 32.2. The van der Waals surface area contributed by atoms with Crippen LogP contribution in [0.4, 0.5) is 5.69 Å². The molecule has 2 unspecified atom stereocenters. The van der Waals surface area contributed by atoms with Crippen LogP contribution in [0.15, 0.2) is 36.5 Å². The Kier molecular flexibility index (Phi) is 17.0. The predicted octanol–water partition coefficient (Wildman–Crippen LogP) is 4.12. The lowest BCUT2D eigenvalue weighted by Crippen LogP contribution is -2.46. The lowest BCUT2D eigenvalue weighted by molar-refractivity contribution is -0.129. The number of rotatable bonds is 10. The maximum Gasteiger partial charge on any atom is 0.246 e. The van der Waals surface area contributed by atoms with Crippen LogP contribution < -0.4 is 16.0 Å². The van der Waals surface area contributed by atoms with Crippen molar-refractivity contribution in [3.05, 3.63) is 42.1 Å². The molecule has 2 atom stereocenters. The van der Waals surface area contributed by atoms with Gasteiger partial charge in [0.15, 0.2) is 0 Å². The molecule has 0 radical (unpaired) electrons. The number of nitrogens with zero attached hydrogens (tertiary/aromatic N) is 1. The number of carbonyl (C=O) groups is 4. The van der Waals surface area contributed by atoms with Gasteiger partial charge in [0.2, 0.25) is 23.6 Å². The molecule has 0 aromatic heterocycles. The lowest BCUT2D eigenvalue weighted by atomic mass is 10.1. The van der Waals surface area contributed by atoms with Gasteiger partial charge in [-0.2, -0.15) is 11.8 Å². The predicted molar refractivity (Wildman–Crippen MR) is 150 cm³/mol. The number of benzene rings is 1. The summed E-state index contributed by atoms with van der Waals surface area (Å²) >= 11 is 1.56. The van der Waals surface area contributed by atoms with Crippen LogP contribution in [0.5, 0.6) is 0 Å². The molecule has 3 N–H and O–H groups in total. The minimum absolute atomic E-state index is 0.0425. The van der Waals surface area contributed by atoms with E-state index in [1.165, 1.54) is 11.3 Å². The van der Waals surface area contributed by atoms with Crippen molar-refractivity contribution in [1.82, 2.24) is 15.5 Å². The van der Waals surface area contributed by atoms with E-state index in [4.69, 9.17) is 0 Å². The molecule has 1 fully saturated rings. The zero-order chi connectivity index (χ0) is 27.7. The first-order valence-electron chi connectivity index (χ1n) is 12.6. The molecular formula is C27H44N4O4S. The van der Waals surface area contributed by atoms with E-state index in [0.717, 1.165) is 12.0 Å². The first-order chi connectivity index (χ1) is 17.2. The number of hydrogen-bond acceptors (Lipinski definition) is 5. The molecule has 1 aromatic carbocycles. The third-order valence-electron chi connectivity index (χ3n) is 5.07. The molecule has 1 saturated heterocycles. The Morgan fingerprint density at radius 3 is 2.19 bits per heavy atom. The van der Waals surface area contributed by atoms with E-state index in [1.54, 1.807) is 18.7 Å². The highest BCUT2D eigenvalue weighted by Crippen LogP contribution is 2.30. The van der Waals surface area contributed by atoms with Gasteiger partial charge in [-0.25, -0.2) is 0 Å². The fourth-order valence-electron chi connectivity index (χ4n) is 3.12. The molecule has 1 aliphatic rings. The summed E-state index contributed by atoms with van der Waals surface area (Å²) in [6, 6.07) is 6.73. The van der Waals surface area contributed by atoms with Crippen LogP contribution >= 0.6 is 11.8 Å². The Morgan fingerprint density at radius 2 is 1.69 bits per heavy atom. The molecule has 36 heavy (non-hydrogen) atoms. The van der Waals surface area contributed by atoms with E-state index in [9.17, 15) is 19.2 Å². The van der Waals surface area contributed by atoms with Gasteiger partial charge in [0.25, 0.3) is 0 Å². The Hall–Kier alpha value is -2.81. The summed E-state index contributed by atoms with van der Waals surface area (Å²) in [5.74, 6) is -1.21. The topological polar surface area (TPSA) is 108 Å². The number of nitrogens with one attached hydrogen (secondary N) is 3. The quantitative estimate of drug-likeness (QED) is 0.430. The average molecular weight is 521 g/mol. The van der Waals surface area contributed by atoms with E-state index in [0.29, 0.717) is 17.8 Å². The summed E-state index contributed by atoms with van der Waals surface area (Å²) in [6.45, 7) is 15.8. The van der Waals surface area contributed by atoms with Gasteiger partial charge in [-0.15, -0.1) is 0 Å². The number of hydrogen-bond donors (Lipinski definition) is 3. The molecule has 1 aliphatic heterocycles. The Balaban J connectivity index is 0.00000227. The molecule has 202 valence electrons. The van der Waals surface area contributed by atoms with Crippen LogP contribution in [-0.4, -0.2) is 59.2 Å². The van der Waals surface area contributed by atoms with Crippen LogP contribution in [0.25, 0.3) is 0 Å². The van der Waals surface area contributed by atoms with Gasteiger partial charge in [0.05, 0.1) is 11.8 Å². The van der Waals surface area contributed by atoms with Gasteiger partial charge in [0.1, 0.15) is 6.04 Å². The van der Waals surface area contributed by atoms with Crippen molar-refractivity contribution in [2.45, 2.75) is 78.5 Å². The summed E-state index contributed by atoms with van der Waals surface area (Å²) in [4.78, 5) is 49.9. The standard InChI is InChI=1S/C22H30N4O4S.C3H8.C2H6/c1-5-16-6-8-17(9-7-16)25-22(30)14(2)24-20(28)13-23-19(27)10-11-26-15(3)18(31-4)12-21(26)29;1-3-2;1-2/h6-9,14,18H,3,5,10-13H2,1-2,4H3,(H,23,27)(H,24,28)(H,25,30);3H2,1-2H3;1-2H3. The summed E-state index contributed by atoms with van der Waals surface area (Å²) in [5.41, 5.74) is 2.53. The van der Waals surface area contributed by atoms with E-state index in [-0.39, 0.29) is 42.5 Å². The highest BCUT2D eigenvalue weighted by molar-refractivity contribution is 7.99. The molecule has 4 amide bonds. The molecular weight excluding hydrogens is 476 g/mol. The molecule has 0 aliphatic carbocycles. The van der Waals surface area contributed by atoms with Gasteiger partial charge in [-0.05, 0) is 37.3 Å². The maximum atomic E-state index is 12.2. The van der Waals surface area contributed by atoms with Crippen molar-refractivity contribution < 1.29 is 19.2 Å². The van der Waals surface area contributed by atoms with Crippen LogP contribution in [-0.2, 0) is 25.6 Å². The van der Waals surface area contributed by atoms with Gasteiger partial charge in [0, 0.05) is 30.8 Å². The second-order valence-corrected chi connectivity index (χ2v) is 9.07. The summed E-state index contributed by atoms with van der Waals surface area (Å²) in [6.07, 6.45) is 4.55. The van der Waals surface area contributed by atoms with Crippen molar-refractivity contribution in [3.63, 3.8) is 0 Å². The average Bonchev–Trinajstić information content (AvgIpc) is 3.15. The van der Waals surface area contributed by atoms with Gasteiger partial charge in [-0.3, -0.25) is 19.2 Å². The molecule has 0 saturated carbocycles. The normalized spacial score (nSPS) is 15.1. The zero-order valence-corrected chi connectivity index (χ0v) is 23.7. The van der Waals surface area contributed by atoms with Crippen LogP contribution in [0.3, 0.4) is 0 Å². The Labute approximate surface area is 221 Å². The van der Waals surface area contributed by atoms with Gasteiger partial charge in [-0.1, -0.05) is 59.8 Å². The van der Waals surface area contributed by atoms with Crippen molar-refractivity contribution in [2.75, 3.05) is 24.7 Å². The smallest absolute Gasteiger partial charge is 0.246 e. The third-order valence-corrected chi connectivity index (χ3v) is 6.08. The Morgan fingerprint density at radius 1 is 1.11 bits per heavy atom. The van der Waals surface area contributed by atoms with E-state index in [2.05, 4.69) is 36.4 Å². The van der Waals surface area contributed by atoms with Gasteiger partial charge >= 0.3 is 0 Å². The number of carbonyl (C=O) groups excluding carboxylic acids is 4. The molecule has 1 aromatic rings. The van der Waals surface area contributed by atoms with Crippen molar-refractivity contribution in [3.8, 4) is 0 Å². The van der Waals surface area contributed by atoms with Crippen LogP contribution in [0, 0.1) is 0 Å². The number of likely N-dealkylation sites (tertiary alicyclic amines) is 1. The number of amides is 4. The van der Waals surface area contributed by atoms with Gasteiger partial charge < -0.3 is 20.9 Å². The largest absolute Gasteiger partial charge is 0.347 e. The van der Waals surface area contributed by atoms with E-state index < -0.39 is 11.9 Å². The molecule has 0 spiro atoms. The molecule has 1 heterocycles. The monoisotopic (exact) mass is 520 g/mol. The number of anilines is 1. The zero-order valence-electron chi connectivity index (χ0n) is 22.9. The first kappa shape index (κ1) is 33.2. The molecule has 0 bridgehead atoms. The van der Waals surface area contributed by atoms with Crippen molar-refractivity contribution >= 4 is 41.1 Å². The third kappa shape index (κ3) is 11.7. The van der Waals surface area contributed by atoms with E-state index in [1.807, 2.05) is 51.3 Å². The number of thioether (sulfide) groups is 1. The summed E-state index contributed by atoms with van der Waals surface area (Å²) in [5, 5.41) is 7.87. The minimum atomic E-state index is -0.760. The molecule has 9 heteroatoms. The molecule has 8 nitrogen and oxygen atoms in total. The summed E-state index contributed by atoms with van der Waals surface area (Å²) in [7, 11) is 0. The molecule has 2 rings (SSSR count). The number of aryl methyl sites for hydroxylation is 1. The van der Waals surface area contributed by atoms with E-state index >= 15 is 0 Å². The second kappa shape index (κ2) is 18.5. The first-order valence-corrected chi connectivity index (χ1v) is 13.9. The SMILES string of the molecule is C=C1C(SC)CC(=O)N1CCC(=O)NCC(=O)NC(C)C(=O)Nc1ccc(CC)cc1.CC.CCC. The minimum Gasteiger partial charge on any atom is -0.347 e.